The van der Waals surface area contributed by atoms with Crippen LogP contribution >= 0.6 is 0 Å². The number of hydrogen-bond acceptors (Lipinski definition) is 3. The van der Waals surface area contributed by atoms with E-state index in [0.29, 0.717) is 0 Å². The summed E-state index contributed by atoms with van der Waals surface area (Å²) >= 11 is 0. The summed E-state index contributed by atoms with van der Waals surface area (Å²) in [6.45, 7) is 0. The molecule has 0 saturated carbocycles. The lowest BCUT2D eigenvalue weighted by atomic mass is 10.1. The number of nitrogens with two attached hydrogens (primary N) is 3. The Morgan fingerprint density at radius 2 is 1.38 bits per heavy atom. The SMILES string of the molecule is N/C=C\C=C/Cc1ccc(C/C=C(N)/C=C\C=C/N)cc1. The first-order valence-electron chi connectivity index (χ1n) is 6.88. The molecule has 0 amide bonds. The summed E-state index contributed by atoms with van der Waals surface area (Å²) in [4.78, 5) is 0. The van der Waals surface area contributed by atoms with Gasteiger partial charge in [0.05, 0.1) is 0 Å². The van der Waals surface area contributed by atoms with Crippen molar-refractivity contribution in [3.63, 3.8) is 0 Å². The third-order valence-electron chi connectivity index (χ3n) is 2.82. The normalized spacial score (nSPS) is 13.2. The highest BCUT2D eigenvalue weighted by molar-refractivity contribution is 5.28. The molecule has 0 aromatic heterocycles. The van der Waals surface area contributed by atoms with Crippen LogP contribution in [-0.2, 0) is 12.8 Å². The van der Waals surface area contributed by atoms with Gasteiger partial charge in [-0.05, 0) is 54.6 Å². The first kappa shape index (κ1) is 16.4. The summed E-state index contributed by atoms with van der Waals surface area (Å²) in [6.07, 6.45) is 17.9. The van der Waals surface area contributed by atoms with Crippen molar-refractivity contribution in [3.05, 3.63) is 96.0 Å². The van der Waals surface area contributed by atoms with Gasteiger partial charge in [-0.25, -0.2) is 0 Å². The van der Waals surface area contributed by atoms with Crippen molar-refractivity contribution >= 4 is 0 Å². The topological polar surface area (TPSA) is 78.1 Å². The maximum atomic E-state index is 5.86. The molecule has 0 radical (unpaired) electrons. The van der Waals surface area contributed by atoms with E-state index in [-0.39, 0.29) is 0 Å². The molecule has 1 aromatic rings. The maximum absolute atomic E-state index is 5.86. The van der Waals surface area contributed by atoms with Gasteiger partial charge < -0.3 is 17.2 Å². The highest BCUT2D eigenvalue weighted by atomic mass is 14.5. The van der Waals surface area contributed by atoms with E-state index in [9.17, 15) is 0 Å². The van der Waals surface area contributed by atoms with Crippen molar-refractivity contribution in [2.75, 3.05) is 0 Å². The molecule has 0 aliphatic carbocycles. The zero-order valence-corrected chi connectivity index (χ0v) is 12.2. The van der Waals surface area contributed by atoms with Crippen molar-refractivity contribution < 1.29 is 0 Å². The van der Waals surface area contributed by atoms with Crippen LogP contribution in [0.5, 0.6) is 0 Å². The van der Waals surface area contributed by atoms with Gasteiger partial charge in [0.1, 0.15) is 0 Å². The Morgan fingerprint density at radius 1 is 0.810 bits per heavy atom. The predicted octanol–water partition coefficient (Wildman–Crippen LogP) is 2.67. The van der Waals surface area contributed by atoms with E-state index in [4.69, 9.17) is 17.2 Å². The van der Waals surface area contributed by atoms with Crippen LogP contribution in [0.15, 0.2) is 84.9 Å². The Balaban J connectivity index is 2.52. The average Bonchev–Trinajstić information content (AvgIpc) is 2.51. The molecule has 0 heterocycles. The number of rotatable bonds is 7. The van der Waals surface area contributed by atoms with Gasteiger partial charge >= 0.3 is 0 Å². The van der Waals surface area contributed by atoms with Crippen LogP contribution in [0.4, 0.5) is 0 Å². The molecule has 3 nitrogen and oxygen atoms in total. The Morgan fingerprint density at radius 3 is 2.00 bits per heavy atom. The predicted molar refractivity (Wildman–Crippen MR) is 91.1 cm³/mol. The minimum absolute atomic E-state index is 0.730. The van der Waals surface area contributed by atoms with Crippen LogP contribution in [0, 0.1) is 0 Å². The molecule has 110 valence electrons. The Kier molecular flexibility index (Phi) is 7.91. The molecular weight excluding hydrogens is 258 g/mol. The van der Waals surface area contributed by atoms with Gasteiger partial charge in [-0.2, -0.15) is 0 Å². The molecule has 1 aromatic carbocycles. The van der Waals surface area contributed by atoms with Crippen LogP contribution in [0.2, 0.25) is 0 Å². The molecule has 0 bridgehead atoms. The van der Waals surface area contributed by atoms with Crippen molar-refractivity contribution in [1.82, 2.24) is 0 Å². The highest BCUT2D eigenvalue weighted by Gasteiger charge is 1.92. The molecule has 1 rings (SSSR count). The van der Waals surface area contributed by atoms with Gasteiger partial charge in [-0.15, -0.1) is 0 Å². The molecular formula is C18H23N3. The maximum Gasteiger partial charge on any atom is 0.0276 e. The molecule has 0 atom stereocenters. The summed E-state index contributed by atoms with van der Waals surface area (Å²) in [6, 6.07) is 8.50. The fourth-order valence-corrected chi connectivity index (χ4v) is 1.69. The minimum Gasteiger partial charge on any atom is -0.405 e. The van der Waals surface area contributed by atoms with E-state index in [2.05, 4.69) is 30.3 Å². The lowest BCUT2D eigenvalue weighted by Gasteiger charge is -2.00. The third kappa shape index (κ3) is 7.47. The Bertz CT molecular complexity index is 546. The molecule has 6 N–H and O–H groups in total. The first-order chi connectivity index (χ1) is 10.3. The molecule has 0 aliphatic rings. The van der Waals surface area contributed by atoms with Crippen LogP contribution < -0.4 is 17.2 Å². The van der Waals surface area contributed by atoms with Crippen molar-refractivity contribution in [2.24, 2.45) is 17.2 Å². The van der Waals surface area contributed by atoms with Gasteiger partial charge in [-0.1, -0.05) is 48.6 Å². The second kappa shape index (κ2) is 10.1. The van der Waals surface area contributed by atoms with E-state index in [0.717, 1.165) is 18.5 Å². The average molecular weight is 281 g/mol. The van der Waals surface area contributed by atoms with Gasteiger partial charge in [0.15, 0.2) is 0 Å². The largest absolute Gasteiger partial charge is 0.405 e. The van der Waals surface area contributed by atoms with Gasteiger partial charge in [0, 0.05) is 5.70 Å². The molecule has 0 aliphatic heterocycles. The van der Waals surface area contributed by atoms with Crippen LogP contribution in [0.3, 0.4) is 0 Å². The van der Waals surface area contributed by atoms with Crippen molar-refractivity contribution in [2.45, 2.75) is 12.8 Å². The van der Waals surface area contributed by atoms with Crippen LogP contribution in [0.25, 0.3) is 0 Å². The quantitative estimate of drug-likeness (QED) is 0.672. The lowest BCUT2D eigenvalue weighted by molar-refractivity contribution is 1.20. The van der Waals surface area contributed by atoms with E-state index < -0.39 is 0 Å². The lowest BCUT2D eigenvalue weighted by Crippen LogP contribution is -1.94. The van der Waals surface area contributed by atoms with Crippen molar-refractivity contribution in [1.29, 1.82) is 0 Å². The van der Waals surface area contributed by atoms with E-state index in [1.807, 2.05) is 30.4 Å². The number of hydrogen-bond donors (Lipinski definition) is 3. The van der Waals surface area contributed by atoms with Gasteiger partial charge in [-0.3, -0.25) is 0 Å². The number of benzene rings is 1. The summed E-state index contributed by atoms with van der Waals surface area (Å²) < 4.78 is 0. The van der Waals surface area contributed by atoms with Gasteiger partial charge in [0.2, 0.25) is 0 Å². The number of allylic oxidation sites excluding steroid dienone is 7. The zero-order valence-electron chi connectivity index (χ0n) is 12.2. The summed E-state index contributed by atoms with van der Waals surface area (Å²) in [5.74, 6) is 0. The molecule has 3 heteroatoms. The summed E-state index contributed by atoms with van der Waals surface area (Å²) in [7, 11) is 0. The Labute approximate surface area is 126 Å². The molecule has 21 heavy (non-hydrogen) atoms. The van der Waals surface area contributed by atoms with Crippen LogP contribution in [0.1, 0.15) is 11.1 Å². The van der Waals surface area contributed by atoms with E-state index >= 15 is 0 Å². The second-order valence-corrected chi connectivity index (χ2v) is 4.49. The zero-order chi connectivity index (χ0) is 15.3. The molecule has 0 saturated heterocycles. The summed E-state index contributed by atoms with van der Waals surface area (Å²) in [5.41, 5.74) is 19.6. The second-order valence-electron chi connectivity index (χ2n) is 4.49. The van der Waals surface area contributed by atoms with E-state index in [1.54, 1.807) is 6.08 Å². The highest BCUT2D eigenvalue weighted by Crippen LogP contribution is 2.07. The van der Waals surface area contributed by atoms with Crippen molar-refractivity contribution in [3.8, 4) is 0 Å². The fourth-order valence-electron chi connectivity index (χ4n) is 1.69. The summed E-state index contributed by atoms with van der Waals surface area (Å²) in [5, 5.41) is 0. The smallest absolute Gasteiger partial charge is 0.0276 e. The standard InChI is InChI=1S/C18H23N3/c19-14-4-1-2-6-16-8-10-17(11-9-16)12-13-18(21)7-3-5-15-20/h1-5,7-11,13-15H,6,12,19-21H2/b2-1-,7-3-,14-4-,15-5-,18-13-. The van der Waals surface area contributed by atoms with E-state index in [1.165, 1.54) is 23.5 Å². The van der Waals surface area contributed by atoms with Gasteiger partial charge in [0.25, 0.3) is 0 Å². The Hall–Kier alpha value is -2.68. The van der Waals surface area contributed by atoms with Crippen LogP contribution in [-0.4, -0.2) is 0 Å². The third-order valence-corrected chi connectivity index (χ3v) is 2.82. The molecule has 0 unspecified atom stereocenters. The minimum atomic E-state index is 0.730. The first-order valence-corrected chi connectivity index (χ1v) is 6.88. The molecule has 0 spiro atoms. The fraction of sp³-hybridized carbons (Fsp3) is 0.111. The monoisotopic (exact) mass is 281 g/mol. The molecule has 0 fully saturated rings.